The molecule has 1 heterocycles. The van der Waals surface area contributed by atoms with Crippen molar-refractivity contribution in [1.29, 1.82) is 0 Å². The molecule has 60 valence electrons. The number of nitrogens with two attached hydrogens (primary N) is 1. The van der Waals surface area contributed by atoms with Crippen LogP contribution in [0.15, 0.2) is 0 Å². The first-order chi connectivity index (χ1) is 4.64. The molecule has 1 aliphatic heterocycles. The molecule has 2 N–H and O–H groups in total. The van der Waals surface area contributed by atoms with E-state index in [0.29, 0.717) is 6.61 Å². The summed E-state index contributed by atoms with van der Waals surface area (Å²) >= 11 is 0. The van der Waals surface area contributed by atoms with Crippen LogP contribution in [-0.2, 0) is 4.74 Å². The van der Waals surface area contributed by atoms with Crippen molar-refractivity contribution in [1.82, 2.24) is 0 Å². The van der Waals surface area contributed by atoms with E-state index in [1.807, 2.05) is 0 Å². The molecular formula is C6H11F2NO. The summed E-state index contributed by atoms with van der Waals surface area (Å²) in [5.74, 6) is -2.81. The fourth-order valence-corrected chi connectivity index (χ4v) is 1.07. The minimum Gasteiger partial charge on any atom is -0.375 e. The lowest BCUT2D eigenvalue weighted by molar-refractivity contribution is -0.134. The number of rotatable bonds is 1. The Kier molecular flexibility index (Phi) is 2.21. The van der Waals surface area contributed by atoms with Gasteiger partial charge in [0.05, 0.1) is 6.61 Å². The van der Waals surface area contributed by atoms with E-state index >= 15 is 0 Å². The fraction of sp³-hybridized carbons (Fsp3) is 1.00. The molecule has 10 heavy (non-hydrogen) atoms. The third kappa shape index (κ3) is 1.88. The summed E-state index contributed by atoms with van der Waals surface area (Å²) in [6, 6.07) is 0. The number of halogens is 2. The van der Waals surface area contributed by atoms with Gasteiger partial charge in [-0.1, -0.05) is 0 Å². The average molecular weight is 151 g/mol. The maximum absolute atomic E-state index is 12.5. The molecule has 0 amide bonds. The zero-order valence-corrected chi connectivity index (χ0v) is 5.65. The van der Waals surface area contributed by atoms with Crippen LogP contribution >= 0.6 is 0 Å². The molecule has 0 aromatic rings. The third-order valence-electron chi connectivity index (χ3n) is 1.59. The number of ether oxygens (including phenoxy) is 1. The SMILES string of the molecule is NCC1COCC(F)(F)C1. The van der Waals surface area contributed by atoms with Crippen LogP contribution in [0.3, 0.4) is 0 Å². The maximum atomic E-state index is 12.5. The molecule has 1 aliphatic rings. The highest BCUT2D eigenvalue weighted by Crippen LogP contribution is 2.27. The molecule has 2 nitrogen and oxygen atoms in total. The van der Waals surface area contributed by atoms with Crippen molar-refractivity contribution in [3.05, 3.63) is 0 Å². The van der Waals surface area contributed by atoms with Gasteiger partial charge in [-0.15, -0.1) is 0 Å². The van der Waals surface area contributed by atoms with Crippen molar-refractivity contribution in [3.8, 4) is 0 Å². The fourth-order valence-electron chi connectivity index (χ4n) is 1.07. The van der Waals surface area contributed by atoms with Crippen molar-refractivity contribution in [2.24, 2.45) is 11.7 Å². The van der Waals surface area contributed by atoms with Crippen LogP contribution in [0.25, 0.3) is 0 Å². The molecule has 0 aromatic heterocycles. The molecular weight excluding hydrogens is 140 g/mol. The van der Waals surface area contributed by atoms with E-state index in [1.165, 1.54) is 0 Å². The largest absolute Gasteiger partial charge is 0.375 e. The van der Waals surface area contributed by atoms with Gasteiger partial charge in [0.2, 0.25) is 0 Å². The van der Waals surface area contributed by atoms with E-state index in [2.05, 4.69) is 4.74 Å². The average Bonchev–Trinajstić information content (AvgIpc) is 1.86. The number of hydrogen-bond acceptors (Lipinski definition) is 2. The molecule has 1 unspecified atom stereocenters. The lowest BCUT2D eigenvalue weighted by Crippen LogP contribution is -2.38. The van der Waals surface area contributed by atoms with Crippen LogP contribution in [0.4, 0.5) is 8.78 Å². The Hall–Kier alpha value is -0.220. The zero-order chi connectivity index (χ0) is 7.61. The van der Waals surface area contributed by atoms with Gasteiger partial charge in [0, 0.05) is 12.3 Å². The first kappa shape index (κ1) is 7.88. The molecule has 0 aliphatic carbocycles. The summed E-state index contributed by atoms with van der Waals surface area (Å²) < 4.78 is 29.6. The maximum Gasteiger partial charge on any atom is 0.271 e. The predicted octanol–water partition coefficient (Wildman–Crippen LogP) is 0.617. The van der Waals surface area contributed by atoms with E-state index < -0.39 is 12.5 Å². The Balaban J connectivity index is 2.40. The molecule has 0 radical (unpaired) electrons. The monoisotopic (exact) mass is 151 g/mol. The molecule has 4 heteroatoms. The van der Waals surface area contributed by atoms with Crippen LogP contribution in [0.5, 0.6) is 0 Å². The van der Waals surface area contributed by atoms with Gasteiger partial charge in [0.15, 0.2) is 0 Å². The van der Waals surface area contributed by atoms with E-state index in [0.717, 1.165) is 0 Å². The van der Waals surface area contributed by atoms with Gasteiger partial charge in [-0.2, -0.15) is 0 Å². The molecule has 0 spiro atoms. The minimum absolute atomic E-state index is 0.122. The van der Waals surface area contributed by atoms with Crippen LogP contribution < -0.4 is 5.73 Å². The van der Waals surface area contributed by atoms with E-state index in [-0.39, 0.29) is 18.9 Å². The Morgan fingerprint density at radius 2 is 2.30 bits per heavy atom. The Morgan fingerprint density at radius 3 is 2.70 bits per heavy atom. The quantitative estimate of drug-likeness (QED) is 0.596. The Morgan fingerprint density at radius 1 is 1.60 bits per heavy atom. The van der Waals surface area contributed by atoms with E-state index in [9.17, 15) is 8.78 Å². The molecule has 0 bridgehead atoms. The van der Waals surface area contributed by atoms with Crippen LogP contribution in [0.1, 0.15) is 6.42 Å². The number of hydrogen-bond donors (Lipinski definition) is 1. The Bertz CT molecular complexity index is 118. The van der Waals surface area contributed by atoms with E-state index in [1.54, 1.807) is 0 Å². The highest BCUT2D eigenvalue weighted by atomic mass is 19.3. The molecule has 0 aromatic carbocycles. The second-order valence-corrected chi connectivity index (χ2v) is 2.68. The zero-order valence-electron chi connectivity index (χ0n) is 5.65. The second kappa shape index (κ2) is 2.80. The summed E-state index contributed by atoms with van der Waals surface area (Å²) in [6.07, 6.45) is -0.122. The number of alkyl halides is 2. The van der Waals surface area contributed by atoms with Crippen LogP contribution in [0.2, 0.25) is 0 Å². The topological polar surface area (TPSA) is 35.2 Å². The summed E-state index contributed by atoms with van der Waals surface area (Å²) in [5, 5.41) is 0. The van der Waals surface area contributed by atoms with Crippen molar-refractivity contribution in [2.75, 3.05) is 19.8 Å². The molecule has 1 saturated heterocycles. The summed E-state index contributed by atoms with van der Waals surface area (Å²) in [6.45, 7) is 0.227. The van der Waals surface area contributed by atoms with Crippen molar-refractivity contribution in [2.45, 2.75) is 12.3 Å². The molecule has 1 atom stereocenters. The van der Waals surface area contributed by atoms with Gasteiger partial charge < -0.3 is 10.5 Å². The highest BCUT2D eigenvalue weighted by molar-refractivity contribution is 4.76. The van der Waals surface area contributed by atoms with E-state index in [4.69, 9.17) is 5.73 Å². The highest BCUT2D eigenvalue weighted by Gasteiger charge is 2.36. The van der Waals surface area contributed by atoms with Gasteiger partial charge in [0.1, 0.15) is 6.61 Å². The second-order valence-electron chi connectivity index (χ2n) is 2.68. The van der Waals surface area contributed by atoms with Gasteiger partial charge in [0.25, 0.3) is 5.92 Å². The molecule has 1 fully saturated rings. The van der Waals surface area contributed by atoms with Crippen molar-refractivity contribution in [3.63, 3.8) is 0 Å². The summed E-state index contributed by atoms with van der Waals surface area (Å²) in [5.41, 5.74) is 5.21. The smallest absolute Gasteiger partial charge is 0.271 e. The summed E-state index contributed by atoms with van der Waals surface area (Å²) in [7, 11) is 0. The van der Waals surface area contributed by atoms with Crippen molar-refractivity contribution >= 4 is 0 Å². The molecule has 0 saturated carbocycles. The standard InChI is InChI=1S/C6H11F2NO/c7-6(8)1-5(2-9)3-10-4-6/h5H,1-4,9H2. The van der Waals surface area contributed by atoms with Gasteiger partial charge in [-0.25, -0.2) is 8.78 Å². The lowest BCUT2D eigenvalue weighted by Gasteiger charge is -2.27. The first-order valence-corrected chi connectivity index (χ1v) is 3.30. The van der Waals surface area contributed by atoms with Gasteiger partial charge in [-0.3, -0.25) is 0 Å². The minimum atomic E-state index is -2.65. The van der Waals surface area contributed by atoms with Crippen LogP contribution in [-0.4, -0.2) is 25.7 Å². The summed E-state index contributed by atoms with van der Waals surface area (Å²) in [4.78, 5) is 0. The predicted molar refractivity (Wildman–Crippen MR) is 32.9 cm³/mol. The van der Waals surface area contributed by atoms with Crippen LogP contribution in [0, 0.1) is 5.92 Å². The van der Waals surface area contributed by atoms with Crippen molar-refractivity contribution < 1.29 is 13.5 Å². The molecule has 1 rings (SSSR count). The van der Waals surface area contributed by atoms with Gasteiger partial charge >= 0.3 is 0 Å². The van der Waals surface area contributed by atoms with Gasteiger partial charge in [-0.05, 0) is 6.54 Å². The third-order valence-corrected chi connectivity index (χ3v) is 1.59. The normalized spacial score (nSPS) is 32.1. The Labute approximate surface area is 58.3 Å². The lowest BCUT2D eigenvalue weighted by atomic mass is 10.0. The first-order valence-electron chi connectivity index (χ1n) is 3.30.